The maximum absolute atomic E-state index is 13.2. The van der Waals surface area contributed by atoms with E-state index in [9.17, 15) is 22.8 Å². The molecular weight excluding hydrogens is 406 g/mol. The Morgan fingerprint density at radius 3 is 2.30 bits per heavy atom. The van der Waals surface area contributed by atoms with Gasteiger partial charge in [0.2, 0.25) is 5.91 Å². The molecule has 1 aliphatic heterocycles. The molecule has 2 N–H and O–H groups in total. The number of halogens is 5. The number of amides is 1. The number of carbonyl (C=O) groups is 2. The first-order valence-corrected chi connectivity index (χ1v) is 8.72. The number of benzene rings is 1. The Kier molecular flexibility index (Phi) is 9.52. The molecule has 1 aliphatic rings. The Bertz CT molecular complexity index is 621. The van der Waals surface area contributed by atoms with Crippen LogP contribution in [-0.2, 0) is 4.79 Å². The van der Waals surface area contributed by atoms with Crippen LogP contribution in [0.1, 0.15) is 23.2 Å². The number of alkyl halides is 3. The van der Waals surface area contributed by atoms with Crippen molar-refractivity contribution < 1.29 is 22.8 Å². The van der Waals surface area contributed by atoms with Crippen molar-refractivity contribution in [3.8, 4) is 0 Å². The lowest BCUT2D eigenvalue weighted by Gasteiger charge is -2.35. The van der Waals surface area contributed by atoms with Gasteiger partial charge in [0.15, 0.2) is 5.78 Å². The van der Waals surface area contributed by atoms with E-state index in [1.807, 2.05) is 0 Å². The molecule has 0 bridgehead atoms. The summed E-state index contributed by atoms with van der Waals surface area (Å²) in [5.41, 5.74) is 0.413. The van der Waals surface area contributed by atoms with E-state index in [-0.39, 0.29) is 44.1 Å². The van der Waals surface area contributed by atoms with Crippen LogP contribution in [0.2, 0.25) is 5.02 Å². The van der Waals surface area contributed by atoms with Crippen molar-refractivity contribution in [1.82, 2.24) is 15.5 Å². The fraction of sp³-hybridized carbons (Fsp3) is 0.529. The molecule has 152 valence electrons. The van der Waals surface area contributed by atoms with Gasteiger partial charge in [0.25, 0.3) is 0 Å². The monoisotopic (exact) mass is 427 g/mol. The van der Waals surface area contributed by atoms with Gasteiger partial charge < -0.3 is 10.6 Å². The first-order chi connectivity index (χ1) is 12.3. The minimum atomic E-state index is -4.43. The van der Waals surface area contributed by atoms with Crippen LogP contribution in [0.15, 0.2) is 24.3 Å². The zero-order chi connectivity index (χ0) is 19.2. The molecular formula is C17H22Cl2F3N3O2. The van der Waals surface area contributed by atoms with Gasteiger partial charge in [0.1, 0.15) is 6.04 Å². The number of carbonyl (C=O) groups excluding carboxylic acids is 2. The Morgan fingerprint density at radius 2 is 1.74 bits per heavy atom. The fourth-order valence-electron chi connectivity index (χ4n) is 2.75. The molecule has 1 fully saturated rings. The van der Waals surface area contributed by atoms with E-state index < -0.39 is 24.7 Å². The van der Waals surface area contributed by atoms with Gasteiger partial charge in [0, 0.05) is 56.2 Å². The third-order valence-electron chi connectivity index (χ3n) is 4.21. The summed E-state index contributed by atoms with van der Waals surface area (Å²) in [6.07, 6.45) is -4.66. The number of nitrogens with one attached hydrogen (secondary N) is 2. The molecule has 10 heteroatoms. The number of piperazine rings is 1. The largest absolute Gasteiger partial charge is 0.405 e. The molecule has 1 aromatic rings. The average Bonchev–Trinajstić information content (AvgIpc) is 2.60. The Labute approximate surface area is 167 Å². The summed E-state index contributed by atoms with van der Waals surface area (Å²) in [4.78, 5) is 25.2. The number of ketones is 1. The second-order valence-corrected chi connectivity index (χ2v) is 6.51. The number of hydrogen-bond donors (Lipinski definition) is 2. The molecule has 0 radical (unpaired) electrons. The summed E-state index contributed by atoms with van der Waals surface area (Å²) in [5.74, 6) is -0.831. The third-order valence-corrected chi connectivity index (χ3v) is 4.46. The van der Waals surface area contributed by atoms with Crippen molar-refractivity contribution in [2.45, 2.75) is 25.1 Å². The van der Waals surface area contributed by atoms with Crippen molar-refractivity contribution in [2.24, 2.45) is 0 Å². The minimum absolute atomic E-state index is 0. The number of hydrogen-bond acceptors (Lipinski definition) is 4. The van der Waals surface area contributed by atoms with E-state index >= 15 is 0 Å². The number of Topliss-reactive ketones (excluding diaryl/α,β-unsaturated/α-hetero) is 1. The first-order valence-electron chi connectivity index (χ1n) is 8.34. The van der Waals surface area contributed by atoms with E-state index in [1.165, 1.54) is 4.90 Å². The second-order valence-electron chi connectivity index (χ2n) is 6.08. The molecule has 27 heavy (non-hydrogen) atoms. The third kappa shape index (κ3) is 7.65. The van der Waals surface area contributed by atoms with Gasteiger partial charge >= 0.3 is 6.18 Å². The molecule has 0 spiro atoms. The van der Waals surface area contributed by atoms with E-state index in [1.54, 1.807) is 24.3 Å². The van der Waals surface area contributed by atoms with Crippen LogP contribution in [0.3, 0.4) is 0 Å². The summed E-state index contributed by atoms with van der Waals surface area (Å²) in [6.45, 7) is 0.994. The lowest BCUT2D eigenvalue weighted by Crippen LogP contribution is -2.57. The summed E-state index contributed by atoms with van der Waals surface area (Å²) in [5, 5.41) is 5.79. The van der Waals surface area contributed by atoms with Crippen molar-refractivity contribution >= 4 is 35.7 Å². The molecule has 1 amide bonds. The molecule has 5 nitrogen and oxygen atoms in total. The van der Waals surface area contributed by atoms with Crippen LogP contribution in [0.5, 0.6) is 0 Å². The smallest absolute Gasteiger partial charge is 0.354 e. The second kappa shape index (κ2) is 10.8. The summed E-state index contributed by atoms with van der Waals surface area (Å²) in [6, 6.07) is 4.51. The van der Waals surface area contributed by atoms with Gasteiger partial charge in [-0.1, -0.05) is 11.6 Å². The topological polar surface area (TPSA) is 61.4 Å². The molecule has 0 aromatic heterocycles. The quantitative estimate of drug-likeness (QED) is 0.656. The van der Waals surface area contributed by atoms with Gasteiger partial charge in [-0.3, -0.25) is 14.5 Å². The summed E-state index contributed by atoms with van der Waals surface area (Å²) < 4.78 is 39.7. The van der Waals surface area contributed by atoms with Crippen molar-refractivity contribution in [2.75, 3.05) is 32.7 Å². The lowest BCUT2D eigenvalue weighted by molar-refractivity contribution is -0.184. The fourth-order valence-corrected chi connectivity index (χ4v) is 2.88. The maximum Gasteiger partial charge on any atom is 0.405 e. The molecule has 1 aromatic carbocycles. The highest BCUT2D eigenvalue weighted by atomic mass is 35.5. The van der Waals surface area contributed by atoms with Crippen LogP contribution in [0.25, 0.3) is 0 Å². The zero-order valence-electron chi connectivity index (χ0n) is 14.5. The Balaban J connectivity index is 0.00000364. The summed E-state index contributed by atoms with van der Waals surface area (Å²) in [7, 11) is 0. The molecule has 1 atom stereocenters. The van der Waals surface area contributed by atoms with Gasteiger partial charge in [0.05, 0.1) is 0 Å². The van der Waals surface area contributed by atoms with Gasteiger partial charge in [-0.15, -0.1) is 12.4 Å². The van der Waals surface area contributed by atoms with Crippen LogP contribution in [-0.4, -0.2) is 61.5 Å². The molecule has 0 saturated carbocycles. The summed E-state index contributed by atoms with van der Waals surface area (Å²) >= 11 is 5.74. The highest BCUT2D eigenvalue weighted by Gasteiger charge is 2.43. The molecule has 0 aliphatic carbocycles. The normalized spacial score (nSPS) is 16.3. The van der Waals surface area contributed by atoms with Gasteiger partial charge in [-0.2, -0.15) is 13.2 Å². The van der Waals surface area contributed by atoms with E-state index in [0.29, 0.717) is 23.7 Å². The maximum atomic E-state index is 13.2. The Morgan fingerprint density at radius 1 is 1.15 bits per heavy atom. The first kappa shape index (κ1) is 23.7. The minimum Gasteiger partial charge on any atom is -0.354 e. The zero-order valence-corrected chi connectivity index (χ0v) is 16.1. The van der Waals surface area contributed by atoms with E-state index in [0.717, 1.165) is 0 Å². The molecule has 2 rings (SSSR count). The van der Waals surface area contributed by atoms with Gasteiger partial charge in [-0.25, -0.2) is 0 Å². The standard InChI is InChI=1S/C17H21ClF3N3O2.ClH/c18-13-3-1-12(2-4-13)14(25)5-6-16(26)23-11-15(17(19,20)21)24-9-7-22-8-10-24;/h1-4,15,22H,5-11H2,(H,23,26);1H. The molecule has 1 heterocycles. The van der Waals surface area contributed by atoms with Crippen molar-refractivity contribution in [1.29, 1.82) is 0 Å². The van der Waals surface area contributed by atoms with Crippen LogP contribution >= 0.6 is 24.0 Å². The lowest BCUT2D eigenvalue weighted by atomic mass is 10.1. The highest BCUT2D eigenvalue weighted by Crippen LogP contribution is 2.24. The van der Waals surface area contributed by atoms with E-state index in [4.69, 9.17) is 11.6 Å². The van der Waals surface area contributed by atoms with E-state index in [2.05, 4.69) is 10.6 Å². The van der Waals surface area contributed by atoms with Crippen LogP contribution in [0.4, 0.5) is 13.2 Å². The average molecular weight is 428 g/mol. The van der Waals surface area contributed by atoms with Crippen LogP contribution in [0, 0.1) is 0 Å². The molecule has 1 saturated heterocycles. The highest BCUT2D eigenvalue weighted by molar-refractivity contribution is 6.30. The van der Waals surface area contributed by atoms with Crippen molar-refractivity contribution in [3.05, 3.63) is 34.9 Å². The van der Waals surface area contributed by atoms with Crippen molar-refractivity contribution in [3.63, 3.8) is 0 Å². The van der Waals surface area contributed by atoms with Crippen LogP contribution < -0.4 is 10.6 Å². The van der Waals surface area contributed by atoms with Gasteiger partial charge in [-0.05, 0) is 24.3 Å². The Hall–Kier alpha value is -1.35. The predicted molar refractivity (Wildman–Crippen MR) is 99.6 cm³/mol. The predicted octanol–water partition coefficient (Wildman–Crippen LogP) is 2.68. The SMILES string of the molecule is Cl.O=C(CCC(=O)c1ccc(Cl)cc1)NCC(N1CCNCC1)C(F)(F)F. The number of rotatable bonds is 7. The molecule has 1 unspecified atom stereocenters. The number of nitrogens with zero attached hydrogens (tertiary/aromatic N) is 1.